The molecule has 0 saturated carbocycles. The Labute approximate surface area is 92.5 Å². The van der Waals surface area contributed by atoms with Crippen LogP contribution in [-0.4, -0.2) is 19.4 Å². The molecule has 0 atom stereocenters. The standard InChI is InChI=1S/C10H21O2PS/c1-4-9(5-2)10-7-11-13(14,6-3)12-8-10/h9-10H,4-8H2,1-3H3. The van der Waals surface area contributed by atoms with Crippen LogP contribution in [0.15, 0.2) is 0 Å². The molecule has 0 radical (unpaired) electrons. The van der Waals surface area contributed by atoms with E-state index < -0.39 is 6.49 Å². The third-order valence-corrected chi connectivity index (χ3v) is 6.34. The molecule has 2 nitrogen and oxygen atoms in total. The Morgan fingerprint density at radius 1 is 1.21 bits per heavy atom. The summed E-state index contributed by atoms with van der Waals surface area (Å²) < 4.78 is 11.4. The van der Waals surface area contributed by atoms with E-state index in [4.69, 9.17) is 20.9 Å². The lowest BCUT2D eigenvalue weighted by atomic mass is 9.89. The van der Waals surface area contributed by atoms with Gasteiger partial charge in [0, 0.05) is 12.1 Å². The van der Waals surface area contributed by atoms with Gasteiger partial charge in [-0.25, -0.2) is 0 Å². The lowest BCUT2D eigenvalue weighted by Crippen LogP contribution is -2.28. The van der Waals surface area contributed by atoms with Crippen LogP contribution in [0.4, 0.5) is 0 Å². The van der Waals surface area contributed by atoms with Crippen molar-refractivity contribution < 1.29 is 9.05 Å². The predicted molar refractivity (Wildman–Crippen MR) is 64.3 cm³/mol. The Bertz CT molecular complexity index is 204. The monoisotopic (exact) mass is 236 g/mol. The van der Waals surface area contributed by atoms with E-state index in [1.54, 1.807) is 0 Å². The van der Waals surface area contributed by atoms with Crippen LogP contribution in [0.3, 0.4) is 0 Å². The maximum absolute atomic E-state index is 5.72. The molecular weight excluding hydrogens is 215 g/mol. The predicted octanol–water partition coefficient (Wildman–Crippen LogP) is 3.42. The van der Waals surface area contributed by atoms with E-state index in [1.165, 1.54) is 12.8 Å². The highest BCUT2D eigenvalue weighted by molar-refractivity contribution is 8.09. The maximum atomic E-state index is 5.72. The topological polar surface area (TPSA) is 18.5 Å². The van der Waals surface area contributed by atoms with E-state index >= 15 is 0 Å². The van der Waals surface area contributed by atoms with Gasteiger partial charge in [-0.1, -0.05) is 33.6 Å². The van der Waals surface area contributed by atoms with Gasteiger partial charge in [0.2, 0.25) is 0 Å². The second kappa shape index (κ2) is 5.60. The summed E-state index contributed by atoms with van der Waals surface area (Å²) in [5, 5.41) is 0. The van der Waals surface area contributed by atoms with Crippen LogP contribution in [0.5, 0.6) is 0 Å². The quantitative estimate of drug-likeness (QED) is 0.697. The van der Waals surface area contributed by atoms with Crippen molar-refractivity contribution in [2.45, 2.75) is 33.6 Å². The minimum Gasteiger partial charge on any atom is -0.329 e. The van der Waals surface area contributed by atoms with Crippen LogP contribution in [-0.2, 0) is 20.9 Å². The first-order valence-electron chi connectivity index (χ1n) is 5.53. The van der Waals surface area contributed by atoms with Crippen LogP contribution in [0.1, 0.15) is 33.6 Å². The molecule has 1 rings (SSSR count). The number of hydrogen-bond donors (Lipinski definition) is 0. The summed E-state index contributed by atoms with van der Waals surface area (Å²) in [6.07, 6.45) is 3.28. The summed E-state index contributed by atoms with van der Waals surface area (Å²) in [4.78, 5) is 0. The van der Waals surface area contributed by atoms with Gasteiger partial charge in [-0.2, -0.15) is 0 Å². The zero-order chi connectivity index (χ0) is 10.6. The molecule has 1 aliphatic heterocycles. The molecule has 0 amide bonds. The second-order valence-corrected chi connectivity index (χ2v) is 7.90. The van der Waals surface area contributed by atoms with Gasteiger partial charge in [-0.05, 0) is 17.7 Å². The largest absolute Gasteiger partial charge is 0.329 e. The molecule has 1 aliphatic rings. The Morgan fingerprint density at radius 2 is 1.71 bits per heavy atom. The Morgan fingerprint density at radius 3 is 2.07 bits per heavy atom. The zero-order valence-electron chi connectivity index (χ0n) is 9.36. The molecule has 14 heavy (non-hydrogen) atoms. The first kappa shape index (κ1) is 12.6. The second-order valence-electron chi connectivity index (χ2n) is 3.86. The van der Waals surface area contributed by atoms with E-state index in [0.29, 0.717) is 5.92 Å². The van der Waals surface area contributed by atoms with Gasteiger partial charge in [0.1, 0.15) is 0 Å². The minimum atomic E-state index is -1.86. The van der Waals surface area contributed by atoms with Crippen molar-refractivity contribution in [2.75, 3.05) is 19.4 Å². The summed E-state index contributed by atoms with van der Waals surface area (Å²) >= 11 is 5.33. The summed E-state index contributed by atoms with van der Waals surface area (Å²) in [6, 6.07) is 0. The van der Waals surface area contributed by atoms with Gasteiger partial charge in [-0.15, -0.1) is 0 Å². The maximum Gasteiger partial charge on any atom is 0.188 e. The smallest absolute Gasteiger partial charge is 0.188 e. The molecule has 0 spiro atoms. The van der Waals surface area contributed by atoms with Crippen LogP contribution < -0.4 is 0 Å². The average molecular weight is 236 g/mol. The van der Waals surface area contributed by atoms with Gasteiger partial charge in [0.05, 0.1) is 13.2 Å². The van der Waals surface area contributed by atoms with Crippen LogP contribution in [0.2, 0.25) is 0 Å². The Hall–Kier alpha value is 0.570. The molecule has 0 aliphatic carbocycles. The zero-order valence-corrected chi connectivity index (χ0v) is 11.1. The van der Waals surface area contributed by atoms with Gasteiger partial charge in [0.25, 0.3) is 0 Å². The lowest BCUT2D eigenvalue weighted by Gasteiger charge is -2.34. The molecule has 0 N–H and O–H groups in total. The third kappa shape index (κ3) is 3.03. The highest BCUT2D eigenvalue weighted by Gasteiger charge is 2.30. The van der Waals surface area contributed by atoms with Crippen molar-refractivity contribution in [3.05, 3.63) is 0 Å². The molecule has 0 bridgehead atoms. The highest BCUT2D eigenvalue weighted by atomic mass is 32.5. The molecule has 0 aromatic carbocycles. The first-order chi connectivity index (χ1) is 6.65. The number of rotatable bonds is 4. The van der Waals surface area contributed by atoms with Crippen molar-refractivity contribution in [1.29, 1.82) is 0 Å². The summed E-state index contributed by atoms with van der Waals surface area (Å²) in [7, 11) is 0. The highest BCUT2D eigenvalue weighted by Crippen LogP contribution is 2.52. The molecule has 0 aromatic rings. The molecule has 1 fully saturated rings. The molecule has 84 valence electrons. The molecule has 1 heterocycles. The number of hydrogen-bond acceptors (Lipinski definition) is 3. The molecule has 1 saturated heterocycles. The Kier molecular flexibility index (Phi) is 5.05. The van der Waals surface area contributed by atoms with E-state index in [1.807, 2.05) is 0 Å². The fourth-order valence-corrected chi connectivity index (χ4v) is 3.56. The van der Waals surface area contributed by atoms with Crippen LogP contribution in [0, 0.1) is 11.8 Å². The van der Waals surface area contributed by atoms with E-state index in [2.05, 4.69) is 20.8 Å². The summed E-state index contributed by atoms with van der Waals surface area (Å²) in [5.74, 6) is 1.29. The van der Waals surface area contributed by atoms with Crippen molar-refractivity contribution >= 4 is 18.3 Å². The van der Waals surface area contributed by atoms with Gasteiger partial charge >= 0.3 is 0 Å². The van der Waals surface area contributed by atoms with Gasteiger partial charge in [-0.3, -0.25) is 0 Å². The van der Waals surface area contributed by atoms with Crippen molar-refractivity contribution in [1.82, 2.24) is 0 Å². The average Bonchev–Trinajstić information content (AvgIpc) is 2.23. The van der Waals surface area contributed by atoms with Crippen molar-refractivity contribution in [3.63, 3.8) is 0 Å². The van der Waals surface area contributed by atoms with Gasteiger partial charge in [0.15, 0.2) is 6.49 Å². The van der Waals surface area contributed by atoms with Crippen LogP contribution in [0.25, 0.3) is 0 Å². The van der Waals surface area contributed by atoms with Crippen molar-refractivity contribution in [3.8, 4) is 0 Å². The normalized spacial score (nSPS) is 33.6. The van der Waals surface area contributed by atoms with E-state index in [-0.39, 0.29) is 0 Å². The minimum absolute atomic E-state index is 0.563. The molecular formula is C10H21O2PS. The molecule has 0 unspecified atom stereocenters. The fourth-order valence-electron chi connectivity index (χ4n) is 1.91. The van der Waals surface area contributed by atoms with Gasteiger partial charge < -0.3 is 9.05 Å². The molecule has 4 heteroatoms. The van der Waals surface area contributed by atoms with E-state index in [0.717, 1.165) is 25.3 Å². The third-order valence-electron chi connectivity index (χ3n) is 3.07. The summed E-state index contributed by atoms with van der Waals surface area (Å²) in [5.41, 5.74) is 0. The fraction of sp³-hybridized carbons (Fsp3) is 1.00. The first-order valence-corrected chi connectivity index (χ1v) is 8.35. The van der Waals surface area contributed by atoms with E-state index in [9.17, 15) is 0 Å². The SMILES string of the molecule is CCC(CC)C1COP(=S)(CC)OC1. The van der Waals surface area contributed by atoms with Crippen molar-refractivity contribution in [2.24, 2.45) is 11.8 Å². The Balaban J connectivity index is 2.46. The lowest BCUT2D eigenvalue weighted by molar-refractivity contribution is 0.0778. The van der Waals surface area contributed by atoms with Crippen LogP contribution >= 0.6 is 6.49 Å². The molecule has 0 aromatic heterocycles. The summed E-state index contributed by atoms with van der Waals surface area (Å²) in [6.45, 7) is 6.30.